The van der Waals surface area contributed by atoms with Gasteiger partial charge in [0.1, 0.15) is 0 Å². The SMILES string of the molecule is CC.CC.Cc1cnc2c(n1)N(C)CCS2(=O)=O. The molecule has 104 valence electrons. The second kappa shape index (κ2) is 7.31. The molecule has 0 saturated carbocycles. The molecule has 5 nitrogen and oxygen atoms in total. The van der Waals surface area contributed by atoms with Gasteiger partial charge in [-0.05, 0) is 6.92 Å². The fourth-order valence-corrected chi connectivity index (χ4v) is 2.78. The van der Waals surface area contributed by atoms with Crippen LogP contribution in [0.25, 0.3) is 0 Å². The number of rotatable bonds is 0. The van der Waals surface area contributed by atoms with Crippen LogP contribution in [-0.4, -0.2) is 37.7 Å². The molecule has 0 unspecified atom stereocenters. The van der Waals surface area contributed by atoms with Gasteiger partial charge in [0, 0.05) is 19.8 Å². The van der Waals surface area contributed by atoms with Crippen molar-refractivity contribution in [1.29, 1.82) is 0 Å². The van der Waals surface area contributed by atoms with Crippen LogP contribution in [0.1, 0.15) is 33.4 Å². The molecule has 1 aromatic heterocycles. The highest BCUT2D eigenvalue weighted by molar-refractivity contribution is 7.91. The molecule has 2 heterocycles. The quantitative estimate of drug-likeness (QED) is 0.724. The normalized spacial score (nSPS) is 15.6. The van der Waals surface area contributed by atoms with E-state index < -0.39 is 9.84 Å². The Bertz CT molecular complexity index is 472. The van der Waals surface area contributed by atoms with Crippen LogP contribution >= 0.6 is 0 Å². The maximum Gasteiger partial charge on any atom is 0.201 e. The van der Waals surface area contributed by atoms with E-state index in [-0.39, 0.29) is 10.8 Å². The zero-order valence-electron chi connectivity index (χ0n) is 12.1. The monoisotopic (exact) mass is 273 g/mol. The summed E-state index contributed by atoms with van der Waals surface area (Å²) >= 11 is 0. The molecule has 0 aromatic carbocycles. The average molecular weight is 273 g/mol. The minimum atomic E-state index is -3.21. The number of fused-ring (bicyclic) bond motifs is 1. The van der Waals surface area contributed by atoms with Crippen LogP contribution in [-0.2, 0) is 9.84 Å². The Labute approximate surface area is 110 Å². The Morgan fingerprint density at radius 3 is 2.33 bits per heavy atom. The summed E-state index contributed by atoms with van der Waals surface area (Å²) in [5.41, 5.74) is 0.729. The van der Waals surface area contributed by atoms with Gasteiger partial charge in [-0.25, -0.2) is 18.4 Å². The van der Waals surface area contributed by atoms with Gasteiger partial charge in [-0.1, -0.05) is 27.7 Å². The molecule has 18 heavy (non-hydrogen) atoms. The van der Waals surface area contributed by atoms with Crippen LogP contribution in [0, 0.1) is 6.92 Å². The fraction of sp³-hybridized carbons (Fsp3) is 0.667. The second-order valence-corrected chi connectivity index (χ2v) is 5.41. The largest absolute Gasteiger partial charge is 0.356 e. The predicted octanol–water partition coefficient (Wildman–Crippen LogP) is 2.06. The van der Waals surface area contributed by atoms with Crippen molar-refractivity contribution in [1.82, 2.24) is 9.97 Å². The van der Waals surface area contributed by atoms with E-state index >= 15 is 0 Å². The smallest absolute Gasteiger partial charge is 0.201 e. The van der Waals surface area contributed by atoms with Crippen molar-refractivity contribution < 1.29 is 8.42 Å². The topological polar surface area (TPSA) is 63.2 Å². The van der Waals surface area contributed by atoms with Crippen molar-refractivity contribution >= 4 is 15.7 Å². The van der Waals surface area contributed by atoms with Crippen molar-refractivity contribution in [2.75, 3.05) is 24.2 Å². The maximum absolute atomic E-state index is 11.6. The molecule has 0 radical (unpaired) electrons. The molecule has 0 atom stereocenters. The van der Waals surface area contributed by atoms with Gasteiger partial charge in [0.25, 0.3) is 0 Å². The molecule has 0 N–H and O–H groups in total. The van der Waals surface area contributed by atoms with Crippen molar-refractivity contribution in [2.24, 2.45) is 0 Å². The molecule has 0 saturated heterocycles. The van der Waals surface area contributed by atoms with Gasteiger partial charge in [0.05, 0.1) is 11.4 Å². The molecular formula is C12H23N3O2S. The molecule has 2 rings (SSSR count). The van der Waals surface area contributed by atoms with Crippen LogP contribution in [0.3, 0.4) is 0 Å². The molecule has 1 aliphatic rings. The standard InChI is InChI=1S/C8H11N3O2S.2C2H6/c1-6-5-9-8-7(10-6)11(2)3-4-14(8,12)13;2*1-2/h5H,3-4H2,1-2H3;2*1-2H3. The second-order valence-electron chi connectivity index (χ2n) is 3.38. The van der Waals surface area contributed by atoms with E-state index in [1.54, 1.807) is 6.92 Å². The molecule has 1 aromatic rings. The first kappa shape index (κ1) is 16.8. The molecule has 6 heteroatoms. The van der Waals surface area contributed by atoms with E-state index in [0.717, 1.165) is 5.69 Å². The van der Waals surface area contributed by atoms with Crippen molar-refractivity contribution in [2.45, 2.75) is 39.6 Å². The highest BCUT2D eigenvalue weighted by Gasteiger charge is 2.29. The van der Waals surface area contributed by atoms with Crippen LogP contribution in [0.5, 0.6) is 0 Å². The van der Waals surface area contributed by atoms with Crippen LogP contribution < -0.4 is 4.90 Å². The van der Waals surface area contributed by atoms with Crippen LogP contribution in [0.15, 0.2) is 11.2 Å². The number of nitrogens with zero attached hydrogens (tertiary/aromatic N) is 3. The Hall–Kier alpha value is -1.17. The third kappa shape index (κ3) is 3.66. The number of hydrogen-bond acceptors (Lipinski definition) is 5. The van der Waals surface area contributed by atoms with Gasteiger partial charge >= 0.3 is 0 Å². The molecule has 0 bridgehead atoms. The molecule has 0 aliphatic carbocycles. The summed E-state index contributed by atoms with van der Waals surface area (Å²) in [6.07, 6.45) is 1.48. The van der Waals surface area contributed by atoms with Crippen molar-refractivity contribution in [3.05, 3.63) is 11.9 Å². The van der Waals surface area contributed by atoms with E-state index in [1.165, 1.54) is 6.20 Å². The summed E-state index contributed by atoms with van der Waals surface area (Å²) in [7, 11) is -1.39. The minimum Gasteiger partial charge on any atom is -0.356 e. The Morgan fingerprint density at radius 1 is 1.22 bits per heavy atom. The number of aryl methyl sites for hydroxylation is 1. The Morgan fingerprint density at radius 2 is 1.78 bits per heavy atom. The van der Waals surface area contributed by atoms with Crippen molar-refractivity contribution in [3.8, 4) is 0 Å². The molecule has 1 aliphatic heterocycles. The molecule has 0 amide bonds. The number of sulfone groups is 1. The summed E-state index contributed by atoms with van der Waals surface area (Å²) in [4.78, 5) is 9.92. The number of hydrogen-bond donors (Lipinski definition) is 0. The summed E-state index contributed by atoms with van der Waals surface area (Å²) in [5, 5.41) is 0.108. The van der Waals surface area contributed by atoms with Gasteiger partial charge < -0.3 is 4.90 Å². The lowest BCUT2D eigenvalue weighted by Crippen LogP contribution is -2.33. The first-order valence-corrected chi connectivity index (χ1v) is 7.93. The Balaban J connectivity index is 0.000000659. The highest BCUT2D eigenvalue weighted by atomic mass is 32.2. The van der Waals surface area contributed by atoms with Crippen molar-refractivity contribution in [3.63, 3.8) is 0 Å². The highest BCUT2D eigenvalue weighted by Crippen LogP contribution is 2.25. The predicted molar refractivity (Wildman–Crippen MR) is 74.8 cm³/mol. The average Bonchev–Trinajstić information content (AvgIpc) is 2.39. The van der Waals surface area contributed by atoms with E-state index in [4.69, 9.17) is 0 Å². The third-order valence-corrected chi connectivity index (χ3v) is 3.79. The Kier molecular flexibility index (Phi) is 6.83. The number of aromatic nitrogens is 2. The number of anilines is 1. The lowest BCUT2D eigenvalue weighted by Gasteiger charge is -2.24. The third-order valence-electron chi connectivity index (χ3n) is 2.19. The van der Waals surface area contributed by atoms with Gasteiger partial charge in [-0.3, -0.25) is 0 Å². The molecular weight excluding hydrogens is 250 g/mol. The summed E-state index contributed by atoms with van der Waals surface area (Å²) < 4.78 is 23.2. The maximum atomic E-state index is 11.6. The van der Waals surface area contributed by atoms with Gasteiger partial charge in [0.15, 0.2) is 10.8 Å². The first-order valence-electron chi connectivity index (χ1n) is 6.28. The van der Waals surface area contributed by atoms with E-state index in [1.807, 2.05) is 39.6 Å². The minimum absolute atomic E-state index is 0.108. The van der Waals surface area contributed by atoms with Gasteiger partial charge in [-0.15, -0.1) is 0 Å². The van der Waals surface area contributed by atoms with E-state index in [2.05, 4.69) is 9.97 Å². The summed E-state index contributed by atoms with van der Waals surface area (Å²) in [6.45, 7) is 10.3. The molecule has 0 fully saturated rings. The lowest BCUT2D eigenvalue weighted by atomic mass is 10.5. The fourth-order valence-electron chi connectivity index (χ4n) is 1.38. The zero-order valence-corrected chi connectivity index (χ0v) is 12.9. The van der Waals surface area contributed by atoms with Crippen LogP contribution in [0.4, 0.5) is 5.82 Å². The zero-order chi connectivity index (χ0) is 14.3. The first-order chi connectivity index (χ1) is 8.50. The van der Waals surface area contributed by atoms with Gasteiger partial charge in [-0.2, -0.15) is 0 Å². The van der Waals surface area contributed by atoms with E-state index in [9.17, 15) is 8.42 Å². The lowest BCUT2D eigenvalue weighted by molar-refractivity contribution is 0.585. The van der Waals surface area contributed by atoms with Gasteiger partial charge in [0.2, 0.25) is 9.84 Å². The summed E-state index contributed by atoms with van der Waals surface area (Å²) in [5.74, 6) is 0.588. The summed E-state index contributed by atoms with van der Waals surface area (Å²) in [6, 6.07) is 0. The molecule has 0 spiro atoms. The van der Waals surface area contributed by atoms with E-state index in [0.29, 0.717) is 12.4 Å². The van der Waals surface area contributed by atoms with Crippen LogP contribution in [0.2, 0.25) is 0 Å².